The first kappa shape index (κ1) is 11.1. The maximum absolute atomic E-state index is 4.42. The van der Waals surface area contributed by atoms with Gasteiger partial charge < -0.3 is 5.32 Å². The van der Waals surface area contributed by atoms with Gasteiger partial charge in [-0.1, -0.05) is 0 Å². The molecule has 0 amide bonds. The van der Waals surface area contributed by atoms with Crippen LogP contribution in [0.15, 0.2) is 18.6 Å². The second-order valence-corrected chi connectivity index (χ2v) is 5.22. The highest BCUT2D eigenvalue weighted by Gasteiger charge is 2.36. The van der Waals surface area contributed by atoms with Gasteiger partial charge >= 0.3 is 0 Å². The minimum Gasteiger partial charge on any atom is -0.312 e. The van der Waals surface area contributed by atoms with Crippen LogP contribution in [0, 0.1) is 5.92 Å². The average molecular weight is 232 g/mol. The summed E-state index contributed by atoms with van der Waals surface area (Å²) in [6, 6.07) is 1.08. The van der Waals surface area contributed by atoms with Crippen LogP contribution in [0.5, 0.6) is 0 Å². The van der Waals surface area contributed by atoms with Gasteiger partial charge in [0.2, 0.25) is 0 Å². The second-order valence-electron chi connectivity index (χ2n) is 5.22. The van der Waals surface area contributed by atoms with Crippen molar-refractivity contribution in [3.05, 3.63) is 24.3 Å². The molecule has 3 heterocycles. The minimum absolute atomic E-state index is 0.385. The molecule has 3 rings (SSSR count). The van der Waals surface area contributed by atoms with Gasteiger partial charge in [0.15, 0.2) is 0 Å². The highest BCUT2D eigenvalue weighted by molar-refractivity contribution is 5.04. The summed E-state index contributed by atoms with van der Waals surface area (Å²) in [6.45, 7) is 5.79. The van der Waals surface area contributed by atoms with Crippen molar-refractivity contribution in [3.63, 3.8) is 0 Å². The number of fused-ring (bicyclic) bond motifs is 1. The summed E-state index contributed by atoms with van der Waals surface area (Å²) in [6.07, 6.45) is 8.12. The molecule has 0 saturated carbocycles. The van der Waals surface area contributed by atoms with E-state index in [0.29, 0.717) is 12.1 Å². The Kier molecular flexibility index (Phi) is 3.07. The van der Waals surface area contributed by atoms with Crippen molar-refractivity contribution in [1.29, 1.82) is 0 Å². The van der Waals surface area contributed by atoms with Crippen molar-refractivity contribution in [2.24, 2.45) is 5.92 Å². The van der Waals surface area contributed by atoms with E-state index in [-0.39, 0.29) is 0 Å². The van der Waals surface area contributed by atoms with Gasteiger partial charge in [-0.2, -0.15) is 0 Å². The zero-order valence-electron chi connectivity index (χ0n) is 10.3. The van der Waals surface area contributed by atoms with Crippen molar-refractivity contribution in [2.45, 2.75) is 31.8 Å². The molecular formula is C13H20N4. The highest BCUT2D eigenvalue weighted by Crippen LogP contribution is 2.30. The fourth-order valence-electron chi connectivity index (χ4n) is 3.11. The number of hydrogen-bond acceptors (Lipinski definition) is 4. The third-order valence-electron chi connectivity index (χ3n) is 4.19. The van der Waals surface area contributed by atoms with E-state index >= 15 is 0 Å². The van der Waals surface area contributed by atoms with Gasteiger partial charge in [-0.3, -0.25) is 14.9 Å². The summed E-state index contributed by atoms with van der Waals surface area (Å²) in [5.41, 5.74) is 1.09. The fraction of sp³-hybridized carbons (Fsp3) is 0.692. The number of hydrogen-bond donors (Lipinski definition) is 1. The highest BCUT2D eigenvalue weighted by atomic mass is 15.2. The Morgan fingerprint density at radius 2 is 2.35 bits per heavy atom. The summed E-state index contributed by atoms with van der Waals surface area (Å²) in [7, 11) is 0. The molecule has 17 heavy (non-hydrogen) atoms. The third-order valence-corrected chi connectivity index (χ3v) is 4.19. The molecule has 4 heteroatoms. The van der Waals surface area contributed by atoms with Crippen LogP contribution in [-0.2, 0) is 0 Å². The molecule has 2 aliphatic heterocycles. The molecule has 4 nitrogen and oxygen atoms in total. The average Bonchev–Trinajstić information content (AvgIpc) is 2.82. The van der Waals surface area contributed by atoms with Crippen molar-refractivity contribution in [2.75, 3.05) is 19.6 Å². The molecule has 1 N–H and O–H groups in total. The van der Waals surface area contributed by atoms with Gasteiger partial charge in [0.1, 0.15) is 0 Å². The summed E-state index contributed by atoms with van der Waals surface area (Å²) in [5.74, 6) is 0.836. The lowest BCUT2D eigenvalue weighted by atomic mass is 9.94. The number of nitrogens with one attached hydrogen (secondary N) is 1. The van der Waals surface area contributed by atoms with Gasteiger partial charge in [0, 0.05) is 37.7 Å². The van der Waals surface area contributed by atoms with E-state index < -0.39 is 0 Å². The van der Waals surface area contributed by atoms with Crippen LogP contribution >= 0.6 is 0 Å². The lowest BCUT2D eigenvalue weighted by molar-refractivity contribution is 0.246. The maximum atomic E-state index is 4.42. The zero-order valence-corrected chi connectivity index (χ0v) is 10.3. The fourth-order valence-corrected chi connectivity index (χ4v) is 3.11. The summed E-state index contributed by atoms with van der Waals surface area (Å²) in [5, 5.41) is 3.64. The molecule has 0 radical (unpaired) electrons. The van der Waals surface area contributed by atoms with E-state index in [4.69, 9.17) is 0 Å². The van der Waals surface area contributed by atoms with Crippen LogP contribution in [0.4, 0.5) is 0 Å². The molecule has 0 aromatic carbocycles. The maximum Gasteiger partial charge on any atom is 0.0755 e. The van der Waals surface area contributed by atoms with E-state index in [2.05, 4.69) is 27.1 Å². The standard InChI is InChI=1S/C13H20N4/c1-10(12-7-14-5-6-16-12)17-8-11-3-2-4-15-13(11)9-17/h5-7,10-11,13,15H,2-4,8-9H2,1H3. The lowest BCUT2D eigenvalue weighted by Gasteiger charge is -2.25. The van der Waals surface area contributed by atoms with E-state index in [0.717, 1.165) is 18.2 Å². The molecule has 0 aliphatic carbocycles. The van der Waals surface area contributed by atoms with Gasteiger partial charge in [0.05, 0.1) is 11.7 Å². The normalized spacial score (nSPS) is 31.1. The number of piperidine rings is 1. The van der Waals surface area contributed by atoms with Crippen LogP contribution in [0.3, 0.4) is 0 Å². The Balaban J connectivity index is 1.70. The molecule has 2 aliphatic rings. The first-order chi connectivity index (χ1) is 8.34. The third kappa shape index (κ3) is 2.19. The first-order valence-electron chi connectivity index (χ1n) is 6.58. The SMILES string of the molecule is CC(c1cnccn1)N1CC2CCCNC2C1. The number of likely N-dealkylation sites (tertiary alicyclic amines) is 1. The monoisotopic (exact) mass is 232 g/mol. The molecule has 1 aromatic heterocycles. The number of nitrogens with zero attached hydrogens (tertiary/aromatic N) is 3. The Labute approximate surface area is 102 Å². The Morgan fingerprint density at radius 1 is 1.41 bits per heavy atom. The van der Waals surface area contributed by atoms with Crippen molar-refractivity contribution < 1.29 is 0 Å². The summed E-state index contributed by atoms with van der Waals surface area (Å²) in [4.78, 5) is 11.1. The van der Waals surface area contributed by atoms with Crippen molar-refractivity contribution in [3.8, 4) is 0 Å². The molecule has 0 bridgehead atoms. The molecule has 2 saturated heterocycles. The largest absolute Gasteiger partial charge is 0.312 e. The van der Waals surface area contributed by atoms with E-state index in [1.54, 1.807) is 12.4 Å². The molecule has 1 aromatic rings. The van der Waals surface area contributed by atoms with E-state index in [9.17, 15) is 0 Å². The molecule has 2 fully saturated rings. The smallest absolute Gasteiger partial charge is 0.0755 e. The Hall–Kier alpha value is -1.00. The summed E-state index contributed by atoms with van der Waals surface area (Å²) < 4.78 is 0. The quantitative estimate of drug-likeness (QED) is 0.832. The summed E-state index contributed by atoms with van der Waals surface area (Å²) >= 11 is 0. The molecular weight excluding hydrogens is 212 g/mol. The van der Waals surface area contributed by atoms with Crippen LogP contribution in [-0.4, -0.2) is 40.5 Å². The van der Waals surface area contributed by atoms with Gasteiger partial charge in [0.25, 0.3) is 0 Å². The number of rotatable bonds is 2. The molecule has 0 spiro atoms. The first-order valence-corrected chi connectivity index (χ1v) is 6.58. The molecule has 3 unspecified atom stereocenters. The predicted octanol–water partition coefficient (Wildman–Crippen LogP) is 1.22. The van der Waals surface area contributed by atoms with Crippen LogP contribution in [0.1, 0.15) is 31.5 Å². The molecule has 92 valence electrons. The van der Waals surface area contributed by atoms with Gasteiger partial charge in [-0.05, 0) is 32.2 Å². The lowest BCUT2D eigenvalue weighted by Crippen LogP contribution is -2.40. The van der Waals surface area contributed by atoms with Crippen LogP contribution in [0.25, 0.3) is 0 Å². The number of aromatic nitrogens is 2. The molecule has 3 atom stereocenters. The van der Waals surface area contributed by atoms with Gasteiger partial charge in [-0.25, -0.2) is 0 Å². The minimum atomic E-state index is 0.385. The Morgan fingerprint density at radius 3 is 3.12 bits per heavy atom. The second kappa shape index (κ2) is 4.70. The van der Waals surface area contributed by atoms with Crippen molar-refractivity contribution in [1.82, 2.24) is 20.2 Å². The predicted molar refractivity (Wildman–Crippen MR) is 66.5 cm³/mol. The van der Waals surface area contributed by atoms with Gasteiger partial charge in [-0.15, -0.1) is 0 Å². The van der Waals surface area contributed by atoms with Crippen molar-refractivity contribution >= 4 is 0 Å². The van der Waals surface area contributed by atoms with Crippen LogP contribution < -0.4 is 5.32 Å². The van der Waals surface area contributed by atoms with E-state index in [1.165, 1.54) is 25.9 Å². The zero-order chi connectivity index (χ0) is 11.7. The van der Waals surface area contributed by atoms with E-state index in [1.807, 2.05) is 6.20 Å². The Bertz CT molecular complexity index is 353. The van der Waals surface area contributed by atoms with Crippen LogP contribution in [0.2, 0.25) is 0 Å². The topological polar surface area (TPSA) is 41.1 Å².